The van der Waals surface area contributed by atoms with E-state index in [0.29, 0.717) is 11.1 Å². The minimum absolute atomic E-state index is 0.0972. The third-order valence-electron chi connectivity index (χ3n) is 2.85. The molecule has 1 amide bonds. The maximum absolute atomic E-state index is 11.8. The number of amides is 1. The van der Waals surface area contributed by atoms with Gasteiger partial charge in [-0.2, -0.15) is 0 Å². The number of likely N-dealkylation sites (tertiary alicyclic amines) is 1. The fourth-order valence-electron chi connectivity index (χ4n) is 2.22. The van der Waals surface area contributed by atoms with Gasteiger partial charge in [0.25, 0.3) is 0 Å². The van der Waals surface area contributed by atoms with E-state index >= 15 is 0 Å². The summed E-state index contributed by atoms with van der Waals surface area (Å²) in [5, 5.41) is 0. The van der Waals surface area contributed by atoms with Crippen molar-refractivity contribution in [3.63, 3.8) is 0 Å². The number of halogens is 1. The summed E-state index contributed by atoms with van der Waals surface area (Å²) >= 11 is 3.26. The topological polar surface area (TPSA) is 59.5 Å². The zero-order valence-corrected chi connectivity index (χ0v) is 10.9. The highest BCUT2D eigenvalue weighted by molar-refractivity contribution is 9.10. The lowest BCUT2D eigenvalue weighted by molar-refractivity contribution is -0.130. The van der Waals surface area contributed by atoms with Crippen LogP contribution in [-0.4, -0.2) is 22.9 Å². The van der Waals surface area contributed by atoms with Crippen LogP contribution in [0, 0.1) is 0 Å². The average molecular weight is 287 g/mol. The van der Waals surface area contributed by atoms with Gasteiger partial charge in [-0.05, 0) is 41.9 Å². The smallest absolute Gasteiger partial charge is 0.225 e. The van der Waals surface area contributed by atoms with E-state index in [1.165, 1.54) is 0 Å². The van der Waals surface area contributed by atoms with Crippen molar-refractivity contribution in [2.75, 3.05) is 0 Å². The van der Waals surface area contributed by atoms with Crippen molar-refractivity contribution in [3.05, 3.63) is 22.6 Å². The first-order valence-electron chi connectivity index (χ1n) is 5.32. The lowest BCUT2D eigenvalue weighted by Gasteiger charge is -2.28. The fraction of sp³-hybridized carbons (Fsp3) is 0.545. The van der Waals surface area contributed by atoms with Crippen LogP contribution in [0.2, 0.25) is 0 Å². The largest absolute Gasteiger partial charge is 0.452 e. The molecule has 1 fully saturated rings. The van der Waals surface area contributed by atoms with Crippen LogP contribution in [0.25, 0.3) is 0 Å². The highest BCUT2D eigenvalue weighted by Crippen LogP contribution is 2.35. The Morgan fingerprint density at radius 2 is 2.25 bits per heavy atom. The summed E-state index contributed by atoms with van der Waals surface area (Å²) in [6.45, 7) is 3.97. The zero-order valence-electron chi connectivity index (χ0n) is 9.31. The van der Waals surface area contributed by atoms with Crippen LogP contribution in [0.4, 0.5) is 0 Å². The van der Waals surface area contributed by atoms with E-state index in [-0.39, 0.29) is 24.0 Å². The van der Waals surface area contributed by atoms with E-state index in [1.807, 2.05) is 26.0 Å². The van der Waals surface area contributed by atoms with Crippen LogP contribution in [0.1, 0.15) is 32.1 Å². The third kappa shape index (κ3) is 1.89. The summed E-state index contributed by atoms with van der Waals surface area (Å²) in [5.41, 5.74) is 6.00. The van der Waals surface area contributed by atoms with Gasteiger partial charge in [-0.15, -0.1) is 0 Å². The van der Waals surface area contributed by atoms with Gasteiger partial charge in [-0.3, -0.25) is 4.79 Å². The van der Waals surface area contributed by atoms with Gasteiger partial charge in [0.15, 0.2) is 4.67 Å². The van der Waals surface area contributed by atoms with E-state index < -0.39 is 0 Å². The normalized spacial score (nSPS) is 25.8. The molecule has 2 heterocycles. The summed E-state index contributed by atoms with van der Waals surface area (Å²) in [6.07, 6.45) is 0.390. The molecule has 0 aromatic carbocycles. The van der Waals surface area contributed by atoms with Crippen molar-refractivity contribution >= 4 is 21.8 Å². The molecule has 16 heavy (non-hydrogen) atoms. The maximum atomic E-state index is 11.8. The van der Waals surface area contributed by atoms with Crippen LogP contribution >= 0.6 is 15.9 Å². The van der Waals surface area contributed by atoms with Crippen molar-refractivity contribution in [3.8, 4) is 0 Å². The van der Waals surface area contributed by atoms with E-state index in [2.05, 4.69) is 15.9 Å². The third-order valence-corrected chi connectivity index (χ3v) is 3.27. The van der Waals surface area contributed by atoms with Crippen molar-refractivity contribution in [1.82, 2.24) is 4.90 Å². The van der Waals surface area contributed by atoms with Gasteiger partial charge in [-0.25, -0.2) is 0 Å². The van der Waals surface area contributed by atoms with Gasteiger partial charge in [0.1, 0.15) is 11.8 Å². The molecule has 1 saturated heterocycles. The molecule has 2 N–H and O–H groups in total. The first-order chi connectivity index (χ1) is 7.50. The lowest BCUT2D eigenvalue weighted by atomic mass is 10.1. The predicted molar refractivity (Wildman–Crippen MR) is 63.7 cm³/mol. The van der Waals surface area contributed by atoms with E-state index in [4.69, 9.17) is 10.2 Å². The highest BCUT2D eigenvalue weighted by Gasteiger charge is 2.41. The molecule has 2 rings (SSSR count). The fourth-order valence-corrected chi connectivity index (χ4v) is 2.54. The molecule has 5 heteroatoms. The molecule has 1 aliphatic rings. The summed E-state index contributed by atoms with van der Waals surface area (Å²) in [5.74, 6) is 0.846. The summed E-state index contributed by atoms with van der Waals surface area (Å²) < 4.78 is 6.17. The molecule has 2 unspecified atom stereocenters. The van der Waals surface area contributed by atoms with Gasteiger partial charge in [0.2, 0.25) is 5.91 Å². The molecule has 0 aliphatic carbocycles. The first-order valence-corrected chi connectivity index (χ1v) is 6.12. The number of hydrogen-bond donors (Lipinski definition) is 1. The molecular weight excluding hydrogens is 272 g/mol. The molecular formula is C11H15BrN2O2. The Kier molecular flexibility index (Phi) is 3.08. The second kappa shape index (κ2) is 4.22. The maximum Gasteiger partial charge on any atom is 0.225 e. The Morgan fingerprint density at radius 3 is 2.75 bits per heavy atom. The molecule has 0 radical (unpaired) electrons. The molecule has 0 bridgehead atoms. The number of carbonyl (C=O) groups excluding carboxylic acids is 1. The van der Waals surface area contributed by atoms with E-state index in [9.17, 15) is 4.79 Å². The monoisotopic (exact) mass is 286 g/mol. The minimum atomic E-state index is -0.187. The molecule has 1 aromatic heterocycles. The summed E-state index contributed by atoms with van der Waals surface area (Å²) in [7, 11) is 0. The quantitative estimate of drug-likeness (QED) is 0.905. The zero-order chi connectivity index (χ0) is 11.9. The molecule has 1 aliphatic heterocycles. The first kappa shape index (κ1) is 11.7. The number of furan rings is 1. The standard InChI is InChI=1S/C11H15BrN2O2/c1-6(2)14-10(15)5-7(13)11(14)8-3-4-9(12)16-8/h3-4,6-7,11H,5,13H2,1-2H3. The Balaban J connectivity index is 2.33. The van der Waals surface area contributed by atoms with Gasteiger partial charge in [0.05, 0.1) is 0 Å². The molecule has 1 aromatic rings. The van der Waals surface area contributed by atoms with Crippen LogP contribution in [0.3, 0.4) is 0 Å². The Morgan fingerprint density at radius 1 is 1.56 bits per heavy atom. The van der Waals surface area contributed by atoms with Crippen LogP contribution in [-0.2, 0) is 4.79 Å². The highest BCUT2D eigenvalue weighted by atomic mass is 79.9. The SMILES string of the molecule is CC(C)N1C(=O)CC(N)C1c1ccc(Br)o1. The Labute approximate surface area is 103 Å². The molecule has 0 saturated carbocycles. The van der Waals surface area contributed by atoms with Gasteiger partial charge >= 0.3 is 0 Å². The number of carbonyl (C=O) groups is 1. The number of rotatable bonds is 2. The van der Waals surface area contributed by atoms with Gasteiger partial charge in [0, 0.05) is 18.5 Å². The van der Waals surface area contributed by atoms with Crippen molar-refractivity contribution in [1.29, 1.82) is 0 Å². The number of hydrogen-bond acceptors (Lipinski definition) is 3. The Hall–Kier alpha value is -0.810. The van der Waals surface area contributed by atoms with Crippen molar-refractivity contribution < 1.29 is 9.21 Å². The Bertz CT molecular complexity index is 402. The lowest BCUT2D eigenvalue weighted by Crippen LogP contribution is -2.37. The summed E-state index contributed by atoms with van der Waals surface area (Å²) in [6, 6.07) is 3.49. The average Bonchev–Trinajstić information content (AvgIpc) is 2.69. The van der Waals surface area contributed by atoms with E-state index in [0.717, 1.165) is 5.76 Å². The van der Waals surface area contributed by atoms with Gasteiger partial charge in [-0.1, -0.05) is 0 Å². The van der Waals surface area contributed by atoms with Gasteiger partial charge < -0.3 is 15.1 Å². The minimum Gasteiger partial charge on any atom is -0.452 e. The molecule has 4 nitrogen and oxygen atoms in total. The summed E-state index contributed by atoms with van der Waals surface area (Å²) in [4.78, 5) is 13.6. The van der Waals surface area contributed by atoms with Crippen LogP contribution in [0.5, 0.6) is 0 Å². The molecule has 2 atom stereocenters. The van der Waals surface area contributed by atoms with E-state index in [1.54, 1.807) is 4.90 Å². The van der Waals surface area contributed by atoms with Crippen molar-refractivity contribution in [2.24, 2.45) is 5.73 Å². The van der Waals surface area contributed by atoms with Crippen LogP contribution < -0.4 is 5.73 Å². The predicted octanol–water partition coefficient (Wildman–Crippen LogP) is 2.05. The second-order valence-electron chi connectivity index (χ2n) is 4.35. The van der Waals surface area contributed by atoms with Crippen LogP contribution in [0.15, 0.2) is 21.2 Å². The second-order valence-corrected chi connectivity index (χ2v) is 5.13. The number of nitrogens with zero attached hydrogens (tertiary/aromatic N) is 1. The molecule has 0 spiro atoms. The van der Waals surface area contributed by atoms with Crippen molar-refractivity contribution in [2.45, 2.75) is 38.4 Å². The number of nitrogens with two attached hydrogens (primary N) is 1. The molecule has 88 valence electrons.